The normalized spacial score (nSPS) is 33.2. The number of allylic oxidation sites excluding steroid dienone is 2. The van der Waals surface area contributed by atoms with Gasteiger partial charge >= 0.3 is 0 Å². The SMILES string of the molecule is CCCC(C)(C)[C@H]1CC[C@]2(C)C(c3ccccc3)=CC[C@H]2[C@@H]1CO. The fourth-order valence-electron chi connectivity index (χ4n) is 5.97. The summed E-state index contributed by atoms with van der Waals surface area (Å²) in [7, 11) is 0. The van der Waals surface area contributed by atoms with Crippen LogP contribution in [-0.4, -0.2) is 11.7 Å². The summed E-state index contributed by atoms with van der Waals surface area (Å²) in [6.07, 6.45) is 8.60. The predicted molar refractivity (Wildman–Crippen MR) is 103 cm³/mol. The van der Waals surface area contributed by atoms with E-state index in [2.05, 4.69) is 64.1 Å². The average Bonchev–Trinajstić information content (AvgIpc) is 2.91. The van der Waals surface area contributed by atoms with E-state index in [1.54, 1.807) is 0 Å². The van der Waals surface area contributed by atoms with Gasteiger partial charge in [-0.1, -0.05) is 70.5 Å². The van der Waals surface area contributed by atoms with Crippen LogP contribution >= 0.6 is 0 Å². The van der Waals surface area contributed by atoms with E-state index in [1.807, 2.05) is 0 Å². The molecule has 1 aromatic carbocycles. The Morgan fingerprint density at radius 3 is 2.54 bits per heavy atom. The molecule has 1 nitrogen and oxygen atoms in total. The van der Waals surface area contributed by atoms with Gasteiger partial charge < -0.3 is 5.11 Å². The van der Waals surface area contributed by atoms with Gasteiger partial charge in [0.25, 0.3) is 0 Å². The van der Waals surface area contributed by atoms with Crippen LogP contribution in [0.2, 0.25) is 0 Å². The molecule has 3 rings (SSSR count). The Bertz CT molecular complexity index is 585. The zero-order valence-electron chi connectivity index (χ0n) is 15.9. The first-order chi connectivity index (χ1) is 11.4. The number of fused-ring (bicyclic) bond motifs is 1. The molecule has 4 atom stereocenters. The Morgan fingerprint density at radius 1 is 1.21 bits per heavy atom. The number of benzene rings is 1. The van der Waals surface area contributed by atoms with Gasteiger partial charge in [0.1, 0.15) is 0 Å². The highest BCUT2D eigenvalue weighted by molar-refractivity contribution is 5.72. The molecule has 2 aliphatic rings. The summed E-state index contributed by atoms with van der Waals surface area (Å²) in [5.74, 6) is 1.67. The molecule has 1 aromatic rings. The summed E-state index contributed by atoms with van der Waals surface area (Å²) < 4.78 is 0. The second-order valence-corrected chi connectivity index (χ2v) is 8.97. The van der Waals surface area contributed by atoms with Gasteiger partial charge in [-0.05, 0) is 65.4 Å². The lowest BCUT2D eigenvalue weighted by Crippen LogP contribution is -2.46. The lowest BCUT2D eigenvalue weighted by atomic mass is 9.53. The van der Waals surface area contributed by atoms with Gasteiger partial charge in [-0.15, -0.1) is 0 Å². The molecular weight excluding hydrogens is 292 g/mol. The Balaban J connectivity index is 1.89. The topological polar surface area (TPSA) is 20.2 Å². The van der Waals surface area contributed by atoms with E-state index in [0.717, 1.165) is 6.42 Å². The molecule has 1 N–H and O–H groups in total. The van der Waals surface area contributed by atoms with Gasteiger partial charge in [-0.3, -0.25) is 0 Å². The third-order valence-corrected chi connectivity index (χ3v) is 7.21. The summed E-state index contributed by atoms with van der Waals surface area (Å²) in [6, 6.07) is 10.9. The molecule has 0 aliphatic heterocycles. The van der Waals surface area contributed by atoms with Crippen LogP contribution in [0.3, 0.4) is 0 Å². The molecule has 0 bridgehead atoms. The average molecular weight is 327 g/mol. The minimum Gasteiger partial charge on any atom is -0.396 e. The second-order valence-electron chi connectivity index (χ2n) is 8.97. The lowest BCUT2D eigenvalue weighted by Gasteiger charge is -2.52. The van der Waals surface area contributed by atoms with Gasteiger partial charge in [0, 0.05) is 6.61 Å². The van der Waals surface area contributed by atoms with E-state index < -0.39 is 0 Å². The van der Waals surface area contributed by atoms with Crippen molar-refractivity contribution in [3.05, 3.63) is 42.0 Å². The van der Waals surface area contributed by atoms with Crippen molar-refractivity contribution in [2.45, 2.75) is 59.8 Å². The van der Waals surface area contributed by atoms with Crippen LogP contribution in [0.25, 0.3) is 5.57 Å². The number of hydrogen-bond donors (Lipinski definition) is 1. The van der Waals surface area contributed by atoms with E-state index in [0.29, 0.717) is 29.8 Å². The largest absolute Gasteiger partial charge is 0.396 e. The molecule has 1 heteroatoms. The zero-order chi connectivity index (χ0) is 17.4. The van der Waals surface area contributed by atoms with Crippen molar-refractivity contribution in [2.75, 3.05) is 6.61 Å². The maximum Gasteiger partial charge on any atom is 0.0465 e. The van der Waals surface area contributed by atoms with Crippen molar-refractivity contribution < 1.29 is 5.11 Å². The number of aliphatic hydroxyl groups is 1. The van der Waals surface area contributed by atoms with Gasteiger partial charge in [0.15, 0.2) is 0 Å². The smallest absolute Gasteiger partial charge is 0.0465 e. The summed E-state index contributed by atoms with van der Waals surface area (Å²) >= 11 is 0. The Hall–Kier alpha value is -1.08. The Labute approximate surface area is 148 Å². The van der Waals surface area contributed by atoms with E-state index >= 15 is 0 Å². The standard InChI is InChI=1S/C23H34O/c1-5-14-22(2,3)20-13-15-23(4)19(17-9-7-6-8-10-17)11-12-21(23)18(20)16-24/h6-11,18,20-21,24H,5,12-16H2,1-4H3/t18-,20+,21+,23-/m1/s1. The third kappa shape index (κ3) is 2.86. The Morgan fingerprint density at radius 2 is 1.92 bits per heavy atom. The maximum atomic E-state index is 10.3. The van der Waals surface area contributed by atoms with Crippen molar-refractivity contribution in [2.24, 2.45) is 28.6 Å². The highest BCUT2D eigenvalue weighted by Crippen LogP contribution is 2.61. The second kappa shape index (κ2) is 6.67. The predicted octanol–water partition coefficient (Wildman–Crippen LogP) is 5.94. The van der Waals surface area contributed by atoms with Crippen LogP contribution in [0, 0.1) is 28.6 Å². The minimum atomic E-state index is 0.230. The van der Waals surface area contributed by atoms with Gasteiger partial charge in [0.05, 0.1) is 0 Å². The number of rotatable bonds is 5. The molecule has 1 fully saturated rings. The molecule has 24 heavy (non-hydrogen) atoms. The van der Waals surface area contributed by atoms with Crippen LogP contribution in [-0.2, 0) is 0 Å². The molecule has 132 valence electrons. The van der Waals surface area contributed by atoms with Crippen LogP contribution in [0.4, 0.5) is 0 Å². The molecule has 1 saturated carbocycles. The fraction of sp³-hybridized carbons (Fsp3) is 0.652. The molecule has 2 aliphatic carbocycles. The molecule has 0 amide bonds. The van der Waals surface area contributed by atoms with Crippen molar-refractivity contribution in [1.29, 1.82) is 0 Å². The van der Waals surface area contributed by atoms with Crippen LogP contribution in [0.1, 0.15) is 65.4 Å². The first-order valence-electron chi connectivity index (χ1n) is 9.81. The van der Waals surface area contributed by atoms with E-state index in [-0.39, 0.29) is 5.41 Å². The quantitative estimate of drug-likeness (QED) is 0.710. The number of hydrogen-bond acceptors (Lipinski definition) is 1. The third-order valence-electron chi connectivity index (χ3n) is 7.21. The first kappa shape index (κ1) is 17.7. The molecule has 0 aromatic heterocycles. The van der Waals surface area contributed by atoms with E-state index in [4.69, 9.17) is 0 Å². The molecular formula is C23H34O. The van der Waals surface area contributed by atoms with Crippen molar-refractivity contribution >= 4 is 5.57 Å². The highest BCUT2D eigenvalue weighted by Gasteiger charge is 2.53. The van der Waals surface area contributed by atoms with Gasteiger partial charge in [-0.25, -0.2) is 0 Å². The zero-order valence-corrected chi connectivity index (χ0v) is 15.9. The lowest BCUT2D eigenvalue weighted by molar-refractivity contribution is -0.0310. The van der Waals surface area contributed by atoms with Crippen molar-refractivity contribution in [3.8, 4) is 0 Å². The molecule has 0 radical (unpaired) electrons. The van der Waals surface area contributed by atoms with Crippen molar-refractivity contribution in [1.82, 2.24) is 0 Å². The summed E-state index contributed by atoms with van der Waals surface area (Å²) in [5, 5.41) is 10.3. The molecule has 0 saturated heterocycles. The first-order valence-corrected chi connectivity index (χ1v) is 9.81. The summed E-state index contributed by atoms with van der Waals surface area (Å²) in [6.45, 7) is 9.93. The molecule has 0 heterocycles. The van der Waals surface area contributed by atoms with Crippen LogP contribution in [0.5, 0.6) is 0 Å². The van der Waals surface area contributed by atoms with Crippen LogP contribution < -0.4 is 0 Å². The van der Waals surface area contributed by atoms with Crippen molar-refractivity contribution in [3.63, 3.8) is 0 Å². The van der Waals surface area contributed by atoms with Gasteiger partial charge in [-0.2, -0.15) is 0 Å². The van der Waals surface area contributed by atoms with Crippen LogP contribution in [0.15, 0.2) is 36.4 Å². The molecule has 0 spiro atoms. The monoisotopic (exact) mass is 326 g/mol. The highest BCUT2D eigenvalue weighted by atomic mass is 16.3. The molecule has 0 unspecified atom stereocenters. The minimum absolute atomic E-state index is 0.230. The Kier molecular flexibility index (Phi) is 4.93. The van der Waals surface area contributed by atoms with E-state index in [1.165, 1.54) is 36.8 Å². The maximum absolute atomic E-state index is 10.3. The van der Waals surface area contributed by atoms with Gasteiger partial charge in [0.2, 0.25) is 0 Å². The van der Waals surface area contributed by atoms with E-state index in [9.17, 15) is 5.11 Å². The number of aliphatic hydroxyl groups excluding tert-OH is 1. The fourth-order valence-corrected chi connectivity index (χ4v) is 5.97. The summed E-state index contributed by atoms with van der Waals surface area (Å²) in [4.78, 5) is 0. The summed E-state index contributed by atoms with van der Waals surface area (Å²) in [5.41, 5.74) is 3.47.